The summed E-state index contributed by atoms with van der Waals surface area (Å²) < 4.78 is 2.06. The summed E-state index contributed by atoms with van der Waals surface area (Å²) in [5, 5.41) is 0. The summed E-state index contributed by atoms with van der Waals surface area (Å²) in [6.07, 6.45) is 1.69. The summed E-state index contributed by atoms with van der Waals surface area (Å²) in [6.45, 7) is 0. The van der Waals surface area contributed by atoms with Crippen LogP contribution in [0.2, 0.25) is 0 Å². The zero-order chi connectivity index (χ0) is 18.4. The predicted molar refractivity (Wildman–Crippen MR) is 115 cm³/mol. The van der Waals surface area contributed by atoms with Crippen molar-refractivity contribution in [3.8, 4) is 22.5 Å². The van der Waals surface area contributed by atoms with Crippen molar-refractivity contribution in [1.29, 1.82) is 0 Å². The molecule has 0 radical (unpaired) electrons. The Labute approximate surface area is 172 Å². The Morgan fingerprint density at radius 2 is 1.15 bits per heavy atom. The first kappa shape index (κ1) is 16.6. The molecule has 0 fully saturated rings. The molecule has 6 heteroatoms. The highest BCUT2D eigenvalue weighted by molar-refractivity contribution is 9.10. The van der Waals surface area contributed by atoms with Crippen LogP contribution in [0.4, 0.5) is 0 Å². The molecule has 0 unspecified atom stereocenters. The van der Waals surface area contributed by atoms with E-state index in [1.807, 2.05) is 36.4 Å². The molecular formula is C21H12Br2N4. The van der Waals surface area contributed by atoms with Gasteiger partial charge in [0.15, 0.2) is 0 Å². The summed E-state index contributed by atoms with van der Waals surface area (Å²) in [4.78, 5) is 17.4. The quantitative estimate of drug-likeness (QED) is 0.320. The number of aromatic nitrogens is 4. The van der Waals surface area contributed by atoms with E-state index >= 15 is 0 Å². The number of hydrogen-bond acceptors (Lipinski definition) is 3. The summed E-state index contributed by atoms with van der Waals surface area (Å²) in [7, 11) is 0. The van der Waals surface area contributed by atoms with Gasteiger partial charge in [-0.15, -0.1) is 0 Å². The third-order valence-corrected chi connectivity index (χ3v) is 5.50. The smallest absolute Gasteiger partial charge is 0.0973 e. The Hall–Kier alpha value is -2.57. The molecule has 0 spiro atoms. The first-order valence-corrected chi connectivity index (χ1v) is 9.93. The highest BCUT2D eigenvalue weighted by Crippen LogP contribution is 2.33. The number of imidazole rings is 1. The van der Waals surface area contributed by atoms with Crippen LogP contribution in [0.1, 0.15) is 0 Å². The number of nitrogens with zero attached hydrogens (tertiary/aromatic N) is 3. The molecule has 0 aliphatic heterocycles. The molecule has 0 saturated heterocycles. The second kappa shape index (κ2) is 6.55. The van der Waals surface area contributed by atoms with E-state index in [0.29, 0.717) is 0 Å². The molecule has 3 aromatic carbocycles. The summed E-state index contributed by atoms with van der Waals surface area (Å²) in [5.74, 6) is 0. The topological polar surface area (TPSA) is 54.5 Å². The molecule has 0 aliphatic carbocycles. The van der Waals surface area contributed by atoms with Crippen LogP contribution in [0.25, 0.3) is 44.6 Å². The van der Waals surface area contributed by atoms with E-state index in [2.05, 4.69) is 66.1 Å². The normalized spacial score (nSPS) is 11.3. The van der Waals surface area contributed by atoms with E-state index in [9.17, 15) is 0 Å². The third kappa shape index (κ3) is 3.05. The van der Waals surface area contributed by atoms with Gasteiger partial charge in [-0.3, -0.25) is 0 Å². The van der Waals surface area contributed by atoms with Crippen LogP contribution in [-0.4, -0.2) is 19.9 Å². The maximum Gasteiger partial charge on any atom is 0.0973 e. The molecule has 0 saturated carbocycles. The fourth-order valence-electron chi connectivity index (χ4n) is 3.10. The first-order chi connectivity index (χ1) is 13.2. The van der Waals surface area contributed by atoms with Crippen molar-refractivity contribution < 1.29 is 0 Å². The number of rotatable bonds is 2. The van der Waals surface area contributed by atoms with Gasteiger partial charge >= 0.3 is 0 Å². The summed E-state index contributed by atoms with van der Waals surface area (Å²) in [6, 6.07) is 20.3. The molecule has 5 aromatic rings. The lowest BCUT2D eigenvalue weighted by Gasteiger charge is -2.11. The zero-order valence-electron chi connectivity index (χ0n) is 13.9. The van der Waals surface area contributed by atoms with E-state index in [1.165, 1.54) is 0 Å². The van der Waals surface area contributed by atoms with Gasteiger partial charge in [-0.05, 0) is 36.4 Å². The highest BCUT2D eigenvalue weighted by Gasteiger charge is 2.14. The zero-order valence-corrected chi connectivity index (χ0v) is 17.1. The van der Waals surface area contributed by atoms with Crippen LogP contribution in [0, 0.1) is 0 Å². The number of halogens is 2. The summed E-state index contributed by atoms with van der Waals surface area (Å²) >= 11 is 7.00. The van der Waals surface area contributed by atoms with Crippen molar-refractivity contribution in [3.63, 3.8) is 0 Å². The molecule has 2 aromatic heterocycles. The SMILES string of the molecule is Brc1ccc(-c2nc3cc4nc[nH]c4cc3nc2-c2ccc(Br)cc2)cc1. The molecule has 2 heterocycles. The van der Waals surface area contributed by atoms with Gasteiger partial charge in [-0.1, -0.05) is 56.1 Å². The molecule has 1 N–H and O–H groups in total. The van der Waals surface area contributed by atoms with Gasteiger partial charge in [0, 0.05) is 20.1 Å². The molecule has 130 valence electrons. The first-order valence-electron chi connectivity index (χ1n) is 8.34. The van der Waals surface area contributed by atoms with E-state index in [0.717, 1.165) is 53.5 Å². The minimum absolute atomic E-state index is 0.827. The van der Waals surface area contributed by atoms with Crippen LogP contribution >= 0.6 is 31.9 Å². The second-order valence-electron chi connectivity index (χ2n) is 6.20. The largest absolute Gasteiger partial charge is 0.345 e. The molecule has 5 rings (SSSR count). The molecule has 0 amide bonds. The molecule has 27 heavy (non-hydrogen) atoms. The number of nitrogens with one attached hydrogen (secondary N) is 1. The number of H-pyrrole nitrogens is 1. The maximum absolute atomic E-state index is 4.97. The molecule has 0 bridgehead atoms. The van der Waals surface area contributed by atoms with Gasteiger partial charge in [-0.25, -0.2) is 15.0 Å². The van der Waals surface area contributed by atoms with Gasteiger partial charge in [0.2, 0.25) is 0 Å². The van der Waals surface area contributed by atoms with Crippen LogP contribution in [0.3, 0.4) is 0 Å². The lowest BCUT2D eigenvalue weighted by atomic mass is 10.0. The molecular weight excluding hydrogens is 468 g/mol. The second-order valence-corrected chi connectivity index (χ2v) is 8.03. The number of aromatic amines is 1. The molecule has 0 atom stereocenters. The van der Waals surface area contributed by atoms with Crippen molar-refractivity contribution in [2.75, 3.05) is 0 Å². The van der Waals surface area contributed by atoms with Gasteiger partial charge < -0.3 is 4.98 Å². The van der Waals surface area contributed by atoms with Crippen molar-refractivity contribution in [2.45, 2.75) is 0 Å². The Balaban J connectivity index is 1.82. The third-order valence-electron chi connectivity index (χ3n) is 4.44. The number of fused-ring (bicyclic) bond motifs is 2. The maximum atomic E-state index is 4.97. The van der Waals surface area contributed by atoms with Crippen LogP contribution in [-0.2, 0) is 0 Å². The lowest BCUT2D eigenvalue weighted by molar-refractivity contribution is 1.29. The Kier molecular flexibility index (Phi) is 4.02. The Morgan fingerprint density at radius 1 is 0.630 bits per heavy atom. The number of benzene rings is 3. The average molecular weight is 480 g/mol. The van der Waals surface area contributed by atoms with Crippen molar-refractivity contribution in [2.24, 2.45) is 0 Å². The Morgan fingerprint density at radius 3 is 1.70 bits per heavy atom. The fourth-order valence-corrected chi connectivity index (χ4v) is 3.63. The molecule has 4 nitrogen and oxygen atoms in total. The van der Waals surface area contributed by atoms with Crippen molar-refractivity contribution in [3.05, 3.63) is 75.9 Å². The highest BCUT2D eigenvalue weighted by atomic mass is 79.9. The van der Waals surface area contributed by atoms with Gasteiger partial charge in [0.05, 0.1) is 39.8 Å². The standard InChI is InChI=1S/C21H12Br2N4/c22-14-5-1-12(2-6-14)20-21(13-3-7-15(23)8-4-13)27-19-10-17-16(24-11-25-17)9-18(19)26-20/h1-11H,(H,24,25). The lowest BCUT2D eigenvalue weighted by Crippen LogP contribution is -1.95. The van der Waals surface area contributed by atoms with Gasteiger partial charge in [0.1, 0.15) is 0 Å². The van der Waals surface area contributed by atoms with Crippen LogP contribution < -0.4 is 0 Å². The van der Waals surface area contributed by atoms with E-state index in [-0.39, 0.29) is 0 Å². The Bertz CT molecular complexity index is 1180. The molecule has 0 aliphatic rings. The number of hydrogen-bond donors (Lipinski definition) is 1. The minimum Gasteiger partial charge on any atom is -0.345 e. The predicted octanol–water partition coefficient (Wildman–Crippen LogP) is 6.37. The van der Waals surface area contributed by atoms with Gasteiger partial charge in [0.25, 0.3) is 0 Å². The average Bonchev–Trinajstić information content (AvgIpc) is 3.14. The van der Waals surface area contributed by atoms with Crippen LogP contribution in [0.15, 0.2) is 75.9 Å². The van der Waals surface area contributed by atoms with E-state index in [4.69, 9.17) is 9.97 Å². The van der Waals surface area contributed by atoms with E-state index in [1.54, 1.807) is 6.33 Å². The monoisotopic (exact) mass is 478 g/mol. The van der Waals surface area contributed by atoms with Crippen molar-refractivity contribution >= 4 is 53.9 Å². The van der Waals surface area contributed by atoms with Crippen molar-refractivity contribution in [1.82, 2.24) is 19.9 Å². The summed E-state index contributed by atoms with van der Waals surface area (Å²) in [5.41, 5.74) is 7.26. The minimum atomic E-state index is 0.827. The fraction of sp³-hybridized carbons (Fsp3) is 0. The van der Waals surface area contributed by atoms with Crippen LogP contribution in [0.5, 0.6) is 0 Å². The van der Waals surface area contributed by atoms with Gasteiger partial charge in [-0.2, -0.15) is 0 Å². The van der Waals surface area contributed by atoms with E-state index < -0.39 is 0 Å².